The minimum absolute atomic E-state index is 0. The van der Waals surface area contributed by atoms with Gasteiger partial charge in [-0.3, -0.25) is 4.79 Å². The van der Waals surface area contributed by atoms with Gasteiger partial charge in [-0.25, -0.2) is 14.4 Å². The van der Waals surface area contributed by atoms with Gasteiger partial charge in [0.25, 0.3) is 0 Å². The Morgan fingerprint density at radius 3 is 1.21 bits per heavy atom. The molecule has 2 fully saturated rings. The van der Waals surface area contributed by atoms with E-state index in [0.717, 1.165) is 51.9 Å². The van der Waals surface area contributed by atoms with Gasteiger partial charge in [-0.1, -0.05) is 92.8 Å². The standard InChI is InChI=1S/C15H20Br2O3.C15H19BrO3.C11H11BrO3.C8H14Br2O2.C7H7BrO.C4H9O.Na/c1-10-5-6-11(17)13(9-10)19-12(7-8-16)14(18)20-15(2,3)4;1-10-5-6-11(16)12(9-10)18-15(7-8-15)13(17)19-14(2,3)4;1-7-2-3-8(12)9(6-7)15-11(4-5-11)10(13)14;1-8(2,3)12-7(11)6(10)4-5-9;1-5-2-3-6(8)7(9)4-5;1-4(2,3)5;/h5-6,9,12H,7-8H2,1-4H3;5-6,9H,7-8H2,1-4H3;2-3,6H,4-5H2,1H3,(H,13,14);6H,4-5H2,1-3H3;2-4,9H,1H3;1-3H3;/q;;;;;-1;+1. The summed E-state index contributed by atoms with van der Waals surface area (Å²) in [7, 11) is 0. The van der Waals surface area contributed by atoms with Gasteiger partial charge in [0, 0.05) is 42.8 Å². The van der Waals surface area contributed by atoms with Crippen LogP contribution in [0.1, 0.15) is 144 Å². The number of aliphatic carboxylic acids is 1. The van der Waals surface area contributed by atoms with Crippen LogP contribution < -0.4 is 48.9 Å². The number of aryl methyl sites for hydroxylation is 4. The molecule has 2 N–H and O–H groups in total. The Hall–Kier alpha value is -1.72. The van der Waals surface area contributed by atoms with Crippen LogP contribution in [0, 0.1) is 27.7 Å². The van der Waals surface area contributed by atoms with Crippen molar-refractivity contribution < 1.29 is 92.5 Å². The number of aromatic hydroxyl groups is 1. The van der Waals surface area contributed by atoms with E-state index in [9.17, 15) is 24.3 Å². The zero-order valence-corrected chi connectivity index (χ0v) is 62.9. The molecule has 81 heavy (non-hydrogen) atoms. The second-order valence-electron chi connectivity index (χ2n) is 23.0. The van der Waals surface area contributed by atoms with Crippen molar-refractivity contribution in [2.45, 2.75) is 194 Å². The van der Waals surface area contributed by atoms with Crippen LogP contribution in [0.25, 0.3) is 0 Å². The molecule has 0 aliphatic heterocycles. The van der Waals surface area contributed by atoms with Gasteiger partial charge in [-0.15, -0.1) is 5.60 Å². The first-order valence-corrected chi connectivity index (χ1v) is 32.0. The second-order valence-corrected chi connectivity index (χ2v) is 29.1. The normalized spacial score (nSPS) is 14.2. The maximum atomic E-state index is 12.2. The van der Waals surface area contributed by atoms with Crippen LogP contribution in [0.15, 0.2) is 90.7 Å². The Labute approximate surface area is 562 Å². The molecule has 2 saturated carbocycles. The van der Waals surface area contributed by atoms with Crippen molar-refractivity contribution in [1.82, 2.24) is 0 Å². The fourth-order valence-corrected chi connectivity index (χ4v) is 8.90. The second kappa shape index (κ2) is 35.8. The topological polar surface area (TPSA) is 187 Å². The summed E-state index contributed by atoms with van der Waals surface area (Å²) in [6.07, 6.45) is 3.27. The number of halogens is 7. The first-order valence-electron chi connectivity index (χ1n) is 25.7. The van der Waals surface area contributed by atoms with Crippen molar-refractivity contribution in [3.8, 4) is 23.0 Å². The molecule has 0 aromatic heterocycles. The van der Waals surface area contributed by atoms with E-state index in [0.29, 0.717) is 60.4 Å². The number of benzene rings is 4. The van der Waals surface area contributed by atoms with E-state index in [2.05, 4.69) is 112 Å². The number of carboxylic acid groups (broad SMARTS) is 1. The van der Waals surface area contributed by atoms with Crippen LogP contribution in [0.2, 0.25) is 0 Å². The van der Waals surface area contributed by atoms with Crippen molar-refractivity contribution in [3.63, 3.8) is 0 Å². The number of hydrogen-bond donors (Lipinski definition) is 2. The van der Waals surface area contributed by atoms with Crippen molar-refractivity contribution >= 4 is 135 Å². The summed E-state index contributed by atoms with van der Waals surface area (Å²) in [4.78, 5) is 46.4. The predicted octanol–water partition coefficient (Wildman–Crippen LogP) is 13.9. The fraction of sp³-hybridized carbons (Fsp3) is 0.533. The van der Waals surface area contributed by atoms with Gasteiger partial charge in [0.1, 0.15) is 44.6 Å². The van der Waals surface area contributed by atoms with E-state index < -0.39 is 45.7 Å². The maximum Gasteiger partial charge on any atom is 1.00 e. The summed E-state index contributed by atoms with van der Waals surface area (Å²) >= 11 is 23.3. The number of carbonyl (C=O) groups is 4. The van der Waals surface area contributed by atoms with Gasteiger partial charge in [0.2, 0.25) is 11.2 Å². The Bertz CT molecular complexity index is 2630. The summed E-state index contributed by atoms with van der Waals surface area (Å²) in [5.74, 6) is 0.576. The van der Waals surface area contributed by atoms with Gasteiger partial charge in [-0.2, -0.15) is 0 Å². The third kappa shape index (κ3) is 34.3. The molecule has 2 aliphatic carbocycles. The number of hydrogen-bond acceptors (Lipinski definition) is 12. The molecule has 21 heteroatoms. The van der Waals surface area contributed by atoms with Crippen LogP contribution >= 0.6 is 112 Å². The molecule has 4 aromatic rings. The number of rotatable bonds is 14. The van der Waals surface area contributed by atoms with Crippen molar-refractivity contribution in [3.05, 3.63) is 113 Å². The molecule has 2 aliphatic rings. The number of ether oxygens (including phenoxy) is 6. The van der Waals surface area contributed by atoms with E-state index in [-0.39, 0.29) is 52.3 Å². The van der Waals surface area contributed by atoms with Crippen molar-refractivity contribution in [1.29, 1.82) is 0 Å². The molecular weight excluding hydrogens is 1510 g/mol. The molecule has 0 spiro atoms. The molecular formula is C60H80Br7NaO13. The number of phenols is 1. The maximum absolute atomic E-state index is 12.2. The first kappa shape index (κ1) is 79.3. The van der Waals surface area contributed by atoms with Gasteiger partial charge in [0.05, 0.1) is 17.9 Å². The molecule has 6 rings (SSSR count). The molecule has 0 bridgehead atoms. The molecule has 0 radical (unpaired) electrons. The molecule has 2 atom stereocenters. The quantitative estimate of drug-likeness (QED) is 0.0526. The van der Waals surface area contributed by atoms with E-state index in [1.54, 1.807) is 26.8 Å². The summed E-state index contributed by atoms with van der Waals surface area (Å²) in [5, 5.41) is 29.6. The third-order valence-electron chi connectivity index (χ3n) is 9.88. The van der Waals surface area contributed by atoms with Gasteiger partial charge >= 0.3 is 53.4 Å². The van der Waals surface area contributed by atoms with Crippen LogP contribution in [0.3, 0.4) is 0 Å². The van der Waals surface area contributed by atoms with Gasteiger partial charge in [-0.05, 0) is 231 Å². The van der Waals surface area contributed by atoms with E-state index in [4.69, 9.17) is 38.6 Å². The van der Waals surface area contributed by atoms with Crippen LogP contribution in [0.4, 0.5) is 0 Å². The first-order chi connectivity index (χ1) is 36.5. The molecule has 0 saturated heterocycles. The number of carbonyl (C=O) groups excluding carboxylic acids is 3. The molecule has 13 nitrogen and oxygen atoms in total. The predicted molar refractivity (Wildman–Crippen MR) is 341 cm³/mol. The minimum atomic E-state index is -0.976. The van der Waals surface area contributed by atoms with Crippen molar-refractivity contribution in [2.24, 2.45) is 0 Å². The minimum Gasteiger partial charge on any atom is -0.850 e. The van der Waals surface area contributed by atoms with E-state index >= 15 is 0 Å². The summed E-state index contributed by atoms with van der Waals surface area (Å²) in [5.41, 5.74) is 0.373. The zero-order chi connectivity index (χ0) is 61.8. The smallest absolute Gasteiger partial charge is 0.850 e. The Morgan fingerprint density at radius 1 is 0.543 bits per heavy atom. The van der Waals surface area contributed by atoms with Crippen molar-refractivity contribution in [2.75, 3.05) is 10.7 Å². The van der Waals surface area contributed by atoms with Crippen LogP contribution in [-0.2, 0) is 33.4 Å². The molecule has 4 aromatic carbocycles. The monoisotopic (exact) mass is 1580 g/mol. The third-order valence-corrected chi connectivity index (χ3v) is 14.3. The Balaban J connectivity index is 0.000000984. The summed E-state index contributed by atoms with van der Waals surface area (Å²) in [6, 6.07) is 22.7. The number of alkyl halides is 3. The summed E-state index contributed by atoms with van der Waals surface area (Å²) < 4.78 is 36.5. The average Bonchev–Trinajstić information content (AvgIpc) is 4.25. The number of phenolic OH excluding ortho intramolecular Hbond substituents is 1. The average molecular weight is 1590 g/mol. The number of esters is 3. The Kier molecular flexibility index (Phi) is 35.0. The van der Waals surface area contributed by atoms with E-state index in [1.165, 1.54) is 0 Å². The SMILES string of the molecule is CC(C)(C)OC(=O)C(Br)CCBr.CC(C)(C)[O-].Cc1ccc(Br)c(O)c1.Cc1ccc(Br)c(OC(CCBr)C(=O)OC(C)(C)C)c1.Cc1ccc(Br)c(OC2(C(=O)O)CC2)c1.Cc1ccc(Br)c(OC2(C(=O)OC(C)(C)C)CC2)c1.[Na+]. The Morgan fingerprint density at radius 2 is 0.877 bits per heavy atom. The number of carboxylic acids is 1. The van der Waals surface area contributed by atoms with Gasteiger partial charge < -0.3 is 43.7 Å². The zero-order valence-electron chi connectivity index (χ0n) is 49.8. The summed E-state index contributed by atoms with van der Waals surface area (Å²) in [6.45, 7) is 29.5. The molecule has 448 valence electrons. The van der Waals surface area contributed by atoms with Gasteiger partial charge in [0.15, 0.2) is 6.10 Å². The molecule has 2 unspecified atom stereocenters. The molecule has 0 amide bonds. The largest absolute Gasteiger partial charge is 1.00 e. The van der Waals surface area contributed by atoms with Crippen LogP contribution in [-0.4, -0.2) is 89.3 Å². The fourth-order valence-electron chi connectivity index (χ4n) is 5.85. The molecule has 0 heterocycles. The van der Waals surface area contributed by atoms with Crippen LogP contribution in [0.5, 0.6) is 23.0 Å². The van der Waals surface area contributed by atoms with E-state index in [1.807, 2.05) is 157 Å².